The molecule has 2 rings (SSSR count). The van der Waals surface area contributed by atoms with Crippen molar-refractivity contribution in [3.8, 4) is 5.75 Å². The second-order valence-corrected chi connectivity index (χ2v) is 6.79. The summed E-state index contributed by atoms with van der Waals surface area (Å²) in [6.45, 7) is 3.85. The lowest BCUT2D eigenvalue weighted by Gasteiger charge is -2.31. The van der Waals surface area contributed by atoms with Crippen LogP contribution in [0.1, 0.15) is 24.8 Å². The largest absolute Gasteiger partial charge is 0.484 e. The number of ether oxygens (including phenoxy) is 1. The van der Waals surface area contributed by atoms with Crippen LogP contribution in [0.2, 0.25) is 0 Å². The molecule has 7 heteroatoms. The van der Waals surface area contributed by atoms with Gasteiger partial charge >= 0.3 is 0 Å². The summed E-state index contributed by atoms with van der Waals surface area (Å²) in [5.41, 5.74) is 6.02. The van der Waals surface area contributed by atoms with Gasteiger partial charge in [-0.1, -0.05) is 12.1 Å². The summed E-state index contributed by atoms with van der Waals surface area (Å²) in [5, 5.41) is 6.16. The number of likely N-dealkylation sites (tertiary alicyclic amines) is 1. The van der Waals surface area contributed by atoms with E-state index in [1.165, 1.54) is 19.3 Å². The fraction of sp³-hybridized carbons (Fsp3) is 0.579. The molecule has 4 N–H and O–H groups in total. The van der Waals surface area contributed by atoms with Gasteiger partial charge in [0.05, 0.1) is 6.54 Å². The fourth-order valence-electron chi connectivity index (χ4n) is 3.10. The van der Waals surface area contributed by atoms with E-state index in [-0.39, 0.29) is 12.5 Å². The second-order valence-electron chi connectivity index (χ2n) is 6.79. The molecule has 1 aromatic rings. The number of carbonyl (C=O) groups is 2. The Morgan fingerprint density at radius 2 is 1.92 bits per heavy atom. The van der Waals surface area contributed by atoms with E-state index in [1.54, 1.807) is 12.1 Å². The molecule has 0 aliphatic carbocycles. The summed E-state index contributed by atoms with van der Waals surface area (Å²) < 4.78 is 5.21. The van der Waals surface area contributed by atoms with Crippen LogP contribution < -0.4 is 21.1 Å². The Kier molecular flexibility index (Phi) is 8.37. The summed E-state index contributed by atoms with van der Waals surface area (Å²) in [7, 11) is 1.99. The molecule has 1 aromatic carbocycles. The number of hydrogen-bond acceptors (Lipinski definition) is 5. The number of nitrogens with one attached hydrogen (secondary N) is 2. The van der Waals surface area contributed by atoms with E-state index in [0.717, 1.165) is 31.1 Å². The van der Waals surface area contributed by atoms with Gasteiger partial charge in [-0.05, 0) is 69.6 Å². The Morgan fingerprint density at radius 1 is 1.23 bits per heavy atom. The highest BCUT2D eigenvalue weighted by Gasteiger charge is 2.20. The maximum atomic E-state index is 12.1. The number of piperidine rings is 1. The van der Waals surface area contributed by atoms with Crippen molar-refractivity contribution in [3.63, 3.8) is 0 Å². The Labute approximate surface area is 155 Å². The summed E-state index contributed by atoms with van der Waals surface area (Å²) in [4.78, 5) is 25.1. The predicted molar refractivity (Wildman–Crippen MR) is 101 cm³/mol. The average Bonchev–Trinajstić information content (AvgIpc) is 2.65. The molecule has 1 aliphatic rings. The molecule has 0 atom stereocenters. The quantitative estimate of drug-likeness (QED) is 0.563. The van der Waals surface area contributed by atoms with Crippen LogP contribution in [0, 0.1) is 5.92 Å². The third-order valence-electron chi connectivity index (χ3n) is 4.67. The second kappa shape index (κ2) is 10.8. The molecular formula is C19H30N4O3. The summed E-state index contributed by atoms with van der Waals surface area (Å²) in [5.74, 6) is 0.900. The van der Waals surface area contributed by atoms with Gasteiger partial charge in [0.1, 0.15) is 5.75 Å². The first-order valence-corrected chi connectivity index (χ1v) is 9.20. The van der Waals surface area contributed by atoms with Gasteiger partial charge in [0.2, 0.25) is 5.91 Å². The highest BCUT2D eigenvalue weighted by Crippen LogP contribution is 2.19. The number of benzene rings is 1. The molecule has 1 aliphatic heterocycles. The van der Waals surface area contributed by atoms with Crippen LogP contribution in [-0.4, -0.2) is 56.5 Å². The molecule has 7 nitrogen and oxygen atoms in total. The number of primary amides is 1. The van der Waals surface area contributed by atoms with E-state index in [1.807, 2.05) is 19.2 Å². The van der Waals surface area contributed by atoms with E-state index < -0.39 is 5.91 Å². The number of nitrogens with two attached hydrogens (primary N) is 1. The number of amides is 2. The highest BCUT2D eigenvalue weighted by molar-refractivity contribution is 5.78. The lowest BCUT2D eigenvalue weighted by Crippen LogP contribution is -2.41. The first-order valence-electron chi connectivity index (χ1n) is 9.20. The minimum atomic E-state index is -0.507. The third kappa shape index (κ3) is 7.41. The molecule has 1 fully saturated rings. The molecule has 1 heterocycles. The van der Waals surface area contributed by atoms with Crippen LogP contribution >= 0.6 is 0 Å². The van der Waals surface area contributed by atoms with Crippen LogP contribution in [-0.2, 0) is 16.1 Å². The molecule has 0 unspecified atom stereocenters. The van der Waals surface area contributed by atoms with Crippen molar-refractivity contribution >= 4 is 11.8 Å². The Morgan fingerprint density at radius 3 is 2.54 bits per heavy atom. The van der Waals surface area contributed by atoms with Crippen molar-refractivity contribution in [2.45, 2.75) is 25.8 Å². The summed E-state index contributed by atoms with van der Waals surface area (Å²) in [6.07, 6.45) is 3.55. The van der Waals surface area contributed by atoms with E-state index in [9.17, 15) is 9.59 Å². The van der Waals surface area contributed by atoms with Crippen LogP contribution in [0.25, 0.3) is 0 Å². The van der Waals surface area contributed by atoms with Crippen LogP contribution in [0.15, 0.2) is 24.3 Å². The number of nitrogens with zero attached hydrogens (tertiary/aromatic N) is 1. The molecular weight excluding hydrogens is 332 g/mol. The number of hydrogen-bond donors (Lipinski definition) is 3. The minimum Gasteiger partial charge on any atom is -0.484 e. The molecule has 1 saturated heterocycles. The van der Waals surface area contributed by atoms with Crippen molar-refractivity contribution in [2.24, 2.45) is 11.7 Å². The first kappa shape index (κ1) is 20.2. The molecule has 0 spiro atoms. The van der Waals surface area contributed by atoms with Gasteiger partial charge in [0, 0.05) is 6.54 Å². The summed E-state index contributed by atoms with van der Waals surface area (Å²) >= 11 is 0. The number of rotatable bonds is 10. The fourth-order valence-corrected chi connectivity index (χ4v) is 3.10. The Bertz CT molecular complexity index is 569. The van der Waals surface area contributed by atoms with Crippen molar-refractivity contribution in [2.75, 3.05) is 39.8 Å². The molecule has 0 bridgehead atoms. The van der Waals surface area contributed by atoms with E-state index in [2.05, 4.69) is 15.5 Å². The minimum absolute atomic E-state index is 0.0488. The standard InChI is InChI=1S/C19H30N4O3/c1-21-9-6-15-7-10-23(11-8-15)13-19(25)22-12-16-2-4-17(5-3-16)26-14-18(20)24/h2-5,15,21H,6-14H2,1H3,(H2,20,24)(H,22,25). The molecule has 0 radical (unpaired) electrons. The lowest BCUT2D eigenvalue weighted by molar-refractivity contribution is -0.123. The van der Waals surface area contributed by atoms with Gasteiger partial charge in [0.15, 0.2) is 6.61 Å². The average molecular weight is 362 g/mol. The van der Waals surface area contributed by atoms with Gasteiger partial charge in [0.25, 0.3) is 5.91 Å². The van der Waals surface area contributed by atoms with Crippen molar-refractivity contribution < 1.29 is 14.3 Å². The van der Waals surface area contributed by atoms with E-state index >= 15 is 0 Å². The lowest BCUT2D eigenvalue weighted by atomic mass is 9.93. The predicted octanol–water partition coefficient (Wildman–Crippen LogP) is 0.488. The zero-order valence-corrected chi connectivity index (χ0v) is 15.5. The maximum Gasteiger partial charge on any atom is 0.255 e. The van der Waals surface area contributed by atoms with Gasteiger partial charge in [-0.3, -0.25) is 14.5 Å². The maximum absolute atomic E-state index is 12.1. The zero-order valence-electron chi connectivity index (χ0n) is 15.5. The first-order chi connectivity index (χ1) is 12.6. The highest BCUT2D eigenvalue weighted by atomic mass is 16.5. The van der Waals surface area contributed by atoms with Gasteiger partial charge < -0.3 is 21.1 Å². The zero-order chi connectivity index (χ0) is 18.8. The summed E-state index contributed by atoms with van der Waals surface area (Å²) in [6, 6.07) is 7.26. The molecule has 0 aromatic heterocycles. The third-order valence-corrected chi connectivity index (χ3v) is 4.67. The van der Waals surface area contributed by atoms with Crippen molar-refractivity contribution in [1.29, 1.82) is 0 Å². The SMILES string of the molecule is CNCCC1CCN(CC(=O)NCc2ccc(OCC(N)=O)cc2)CC1. The molecule has 144 valence electrons. The molecule has 26 heavy (non-hydrogen) atoms. The molecule has 0 saturated carbocycles. The number of carbonyl (C=O) groups excluding carboxylic acids is 2. The Hall–Kier alpha value is -2.12. The van der Waals surface area contributed by atoms with E-state index in [0.29, 0.717) is 18.8 Å². The van der Waals surface area contributed by atoms with Gasteiger partial charge in [-0.25, -0.2) is 0 Å². The molecule has 2 amide bonds. The van der Waals surface area contributed by atoms with Crippen LogP contribution in [0.3, 0.4) is 0 Å². The van der Waals surface area contributed by atoms with Gasteiger partial charge in [-0.2, -0.15) is 0 Å². The van der Waals surface area contributed by atoms with Crippen LogP contribution in [0.5, 0.6) is 5.75 Å². The smallest absolute Gasteiger partial charge is 0.255 e. The van der Waals surface area contributed by atoms with Crippen LogP contribution in [0.4, 0.5) is 0 Å². The monoisotopic (exact) mass is 362 g/mol. The van der Waals surface area contributed by atoms with E-state index in [4.69, 9.17) is 10.5 Å². The van der Waals surface area contributed by atoms with Crippen molar-refractivity contribution in [3.05, 3.63) is 29.8 Å². The van der Waals surface area contributed by atoms with Crippen molar-refractivity contribution in [1.82, 2.24) is 15.5 Å². The topological polar surface area (TPSA) is 96.7 Å². The normalized spacial score (nSPS) is 15.6. The van der Waals surface area contributed by atoms with Gasteiger partial charge in [-0.15, -0.1) is 0 Å². The Balaban J connectivity index is 1.65.